The van der Waals surface area contributed by atoms with Crippen LogP contribution in [0.15, 0.2) is 17.5 Å². The molecule has 0 bridgehead atoms. The molecule has 0 spiro atoms. The molecule has 1 aliphatic carbocycles. The molecule has 2 aliphatic heterocycles. The first kappa shape index (κ1) is 17.8. The van der Waals surface area contributed by atoms with Gasteiger partial charge in [0.2, 0.25) is 0 Å². The zero-order valence-corrected chi connectivity index (χ0v) is 15.8. The Bertz CT molecular complexity index is 659. The molecule has 26 heavy (non-hydrogen) atoms. The highest BCUT2D eigenvalue weighted by Crippen LogP contribution is 2.48. The zero-order chi connectivity index (χ0) is 18.1. The second-order valence-corrected chi connectivity index (χ2v) is 8.87. The van der Waals surface area contributed by atoms with Gasteiger partial charge in [0, 0.05) is 24.5 Å². The number of nitrogens with zero attached hydrogens (tertiary/aromatic N) is 2. The van der Waals surface area contributed by atoms with Gasteiger partial charge in [-0.2, -0.15) is 0 Å². The van der Waals surface area contributed by atoms with Crippen LogP contribution in [0.2, 0.25) is 0 Å². The molecular weight excluding hydrogens is 350 g/mol. The van der Waals surface area contributed by atoms with Gasteiger partial charge >= 0.3 is 12.0 Å². The van der Waals surface area contributed by atoms with Crippen LogP contribution in [0.1, 0.15) is 43.0 Å². The van der Waals surface area contributed by atoms with Crippen molar-refractivity contribution < 1.29 is 14.7 Å². The fourth-order valence-corrected chi connectivity index (χ4v) is 5.89. The highest BCUT2D eigenvalue weighted by molar-refractivity contribution is 7.10. The molecule has 0 radical (unpaired) electrons. The minimum absolute atomic E-state index is 0.109. The van der Waals surface area contributed by atoms with Gasteiger partial charge in [0.15, 0.2) is 0 Å². The third-order valence-electron chi connectivity index (χ3n) is 6.48. The number of aliphatic carboxylic acids is 1. The van der Waals surface area contributed by atoms with Crippen molar-refractivity contribution in [2.75, 3.05) is 32.7 Å². The average molecular weight is 378 g/mol. The highest BCUT2D eigenvalue weighted by atomic mass is 32.1. The van der Waals surface area contributed by atoms with Crippen LogP contribution >= 0.6 is 11.3 Å². The van der Waals surface area contributed by atoms with Gasteiger partial charge in [-0.15, -0.1) is 11.3 Å². The number of fused-ring (bicyclic) bond motifs is 1. The summed E-state index contributed by atoms with van der Waals surface area (Å²) in [5.41, 5.74) is -0.709. The van der Waals surface area contributed by atoms with Crippen LogP contribution in [0.5, 0.6) is 0 Å². The first-order valence-electron chi connectivity index (χ1n) is 9.64. The number of nitrogens with one attached hydrogen (secondary N) is 1. The molecule has 1 unspecified atom stereocenters. The highest BCUT2D eigenvalue weighted by Gasteiger charge is 2.55. The Labute approximate surface area is 158 Å². The lowest BCUT2D eigenvalue weighted by Gasteiger charge is -2.28. The van der Waals surface area contributed by atoms with Gasteiger partial charge in [-0.1, -0.05) is 12.5 Å². The Morgan fingerprint density at radius 3 is 2.81 bits per heavy atom. The Morgan fingerprint density at radius 1 is 1.35 bits per heavy atom. The number of carboxylic acids is 1. The van der Waals surface area contributed by atoms with Crippen LogP contribution in [-0.4, -0.2) is 59.6 Å². The van der Waals surface area contributed by atoms with Crippen LogP contribution < -0.4 is 5.32 Å². The van der Waals surface area contributed by atoms with Gasteiger partial charge in [0.05, 0.1) is 11.5 Å². The normalized spacial score (nSPS) is 29.7. The van der Waals surface area contributed by atoms with E-state index in [1.165, 1.54) is 17.7 Å². The number of carboxylic acid groups (broad SMARTS) is 1. The molecule has 2 amide bonds. The molecule has 3 aliphatic rings. The number of hydrogen-bond donors (Lipinski definition) is 2. The minimum atomic E-state index is -0.733. The maximum Gasteiger partial charge on any atom is 0.317 e. The number of hydrogen-bond acceptors (Lipinski definition) is 4. The van der Waals surface area contributed by atoms with Crippen molar-refractivity contribution in [3.05, 3.63) is 22.4 Å². The molecule has 6 nitrogen and oxygen atoms in total. The fourth-order valence-electron chi connectivity index (χ4n) is 5.03. The first-order chi connectivity index (χ1) is 12.6. The number of likely N-dealkylation sites (tertiary alicyclic amines) is 2. The smallest absolute Gasteiger partial charge is 0.317 e. The Balaban J connectivity index is 1.39. The number of amides is 2. The fraction of sp³-hybridized carbons (Fsp3) is 0.684. The van der Waals surface area contributed by atoms with Crippen molar-refractivity contribution in [3.8, 4) is 0 Å². The van der Waals surface area contributed by atoms with Crippen molar-refractivity contribution in [1.29, 1.82) is 0 Å². The topological polar surface area (TPSA) is 72.9 Å². The standard InChI is InChI=1S/C19H27N3O3S/c23-17(24)19-7-3-5-14(19)12-22(13-19)18(25)20-11-15(16-6-4-10-26-16)21-8-1-2-9-21/h4,6,10,14-15H,1-3,5,7-9,11-13H2,(H,20,25)(H,23,24)/t14-,15?,19+/m0/s1. The van der Waals surface area contributed by atoms with Gasteiger partial charge < -0.3 is 15.3 Å². The summed E-state index contributed by atoms with van der Waals surface area (Å²) < 4.78 is 0. The Morgan fingerprint density at radius 2 is 2.15 bits per heavy atom. The summed E-state index contributed by atoms with van der Waals surface area (Å²) in [4.78, 5) is 30.0. The second-order valence-electron chi connectivity index (χ2n) is 7.89. The van der Waals surface area contributed by atoms with E-state index in [9.17, 15) is 14.7 Å². The third-order valence-corrected chi connectivity index (χ3v) is 7.46. The molecular formula is C19H27N3O3S. The molecule has 3 atom stereocenters. The predicted octanol–water partition coefficient (Wildman–Crippen LogP) is 2.78. The Hall–Kier alpha value is -1.60. The second kappa shape index (κ2) is 7.19. The summed E-state index contributed by atoms with van der Waals surface area (Å²) in [7, 11) is 0. The quantitative estimate of drug-likeness (QED) is 0.828. The van der Waals surface area contributed by atoms with E-state index >= 15 is 0 Å². The van der Waals surface area contributed by atoms with Crippen LogP contribution in [0.4, 0.5) is 4.79 Å². The summed E-state index contributed by atoms with van der Waals surface area (Å²) in [5.74, 6) is -0.624. The van der Waals surface area contributed by atoms with Crippen molar-refractivity contribution in [3.63, 3.8) is 0 Å². The van der Waals surface area contributed by atoms with Gasteiger partial charge in [0.25, 0.3) is 0 Å². The monoisotopic (exact) mass is 377 g/mol. The molecule has 142 valence electrons. The lowest BCUT2D eigenvalue weighted by atomic mass is 9.81. The molecule has 3 fully saturated rings. The summed E-state index contributed by atoms with van der Waals surface area (Å²) >= 11 is 1.73. The van der Waals surface area contributed by atoms with Crippen molar-refractivity contribution >= 4 is 23.3 Å². The van der Waals surface area contributed by atoms with Crippen LogP contribution in [-0.2, 0) is 4.79 Å². The lowest BCUT2D eigenvalue weighted by molar-refractivity contribution is -0.149. The summed E-state index contributed by atoms with van der Waals surface area (Å²) in [6, 6.07) is 4.31. The van der Waals surface area contributed by atoms with E-state index in [1.54, 1.807) is 16.2 Å². The molecule has 7 heteroatoms. The molecule has 1 aromatic rings. The maximum atomic E-state index is 12.7. The molecule has 2 N–H and O–H groups in total. The predicted molar refractivity (Wildman–Crippen MR) is 100 cm³/mol. The van der Waals surface area contributed by atoms with E-state index in [-0.39, 0.29) is 18.0 Å². The average Bonchev–Trinajstić information content (AvgIpc) is 3.38. The molecule has 2 saturated heterocycles. The Kier molecular flexibility index (Phi) is 4.92. The number of rotatable bonds is 5. The van der Waals surface area contributed by atoms with E-state index in [0.29, 0.717) is 26.1 Å². The van der Waals surface area contributed by atoms with Gasteiger partial charge in [-0.3, -0.25) is 9.69 Å². The maximum absolute atomic E-state index is 12.7. The summed E-state index contributed by atoms with van der Waals surface area (Å²) in [6.45, 7) is 3.66. The van der Waals surface area contributed by atoms with E-state index in [2.05, 4.69) is 27.7 Å². The van der Waals surface area contributed by atoms with E-state index < -0.39 is 11.4 Å². The van der Waals surface area contributed by atoms with E-state index in [4.69, 9.17) is 0 Å². The van der Waals surface area contributed by atoms with Crippen LogP contribution in [0.25, 0.3) is 0 Å². The molecule has 4 rings (SSSR count). The van der Waals surface area contributed by atoms with E-state index in [0.717, 1.165) is 25.9 Å². The molecule has 1 aromatic heterocycles. The van der Waals surface area contributed by atoms with Gasteiger partial charge in [0.1, 0.15) is 0 Å². The summed E-state index contributed by atoms with van der Waals surface area (Å²) in [5, 5.41) is 14.9. The molecule has 1 saturated carbocycles. The molecule has 3 heterocycles. The van der Waals surface area contributed by atoms with E-state index in [1.807, 2.05) is 0 Å². The van der Waals surface area contributed by atoms with Crippen LogP contribution in [0.3, 0.4) is 0 Å². The molecule has 0 aromatic carbocycles. The van der Waals surface area contributed by atoms with Crippen molar-refractivity contribution in [1.82, 2.24) is 15.1 Å². The number of carbonyl (C=O) groups is 2. The van der Waals surface area contributed by atoms with Crippen molar-refractivity contribution in [2.24, 2.45) is 11.3 Å². The number of carbonyl (C=O) groups excluding carboxylic acids is 1. The zero-order valence-electron chi connectivity index (χ0n) is 15.0. The van der Waals surface area contributed by atoms with Crippen LogP contribution in [0, 0.1) is 11.3 Å². The number of thiophene rings is 1. The lowest BCUT2D eigenvalue weighted by Crippen LogP contribution is -2.44. The SMILES string of the molecule is O=C(NCC(c1cccs1)N1CCCC1)N1C[C@@H]2CCC[C@@]2(C(=O)O)C1. The largest absolute Gasteiger partial charge is 0.481 e. The summed E-state index contributed by atoms with van der Waals surface area (Å²) in [6.07, 6.45) is 5.00. The first-order valence-corrected chi connectivity index (χ1v) is 10.5. The van der Waals surface area contributed by atoms with Gasteiger partial charge in [-0.25, -0.2) is 4.79 Å². The van der Waals surface area contributed by atoms with Gasteiger partial charge in [-0.05, 0) is 56.1 Å². The minimum Gasteiger partial charge on any atom is -0.481 e. The third kappa shape index (κ3) is 3.11. The number of urea groups is 1. The van der Waals surface area contributed by atoms with Crippen molar-refractivity contribution in [2.45, 2.75) is 38.1 Å².